The molecule has 1 aliphatic heterocycles. The van der Waals surface area contributed by atoms with Gasteiger partial charge in [-0.3, -0.25) is 0 Å². The Hall–Kier alpha value is -0.420. The van der Waals surface area contributed by atoms with E-state index in [4.69, 9.17) is 14.6 Å². The van der Waals surface area contributed by atoms with Gasteiger partial charge in [0, 0.05) is 10.0 Å². The van der Waals surface area contributed by atoms with Gasteiger partial charge in [0.1, 0.15) is 6.10 Å². The van der Waals surface area contributed by atoms with Crippen LogP contribution in [0.3, 0.4) is 0 Å². The lowest BCUT2D eigenvalue weighted by molar-refractivity contribution is -0.0675. The first kappa shape index (κ1) is 10.1. The highest BCUT2D eigenvalue weighted by molar-refractivity contribution is 9.10. The molecule has 0 bridgehead atoms. The minimum absolute atomic E-state index is 0.00697. The maximum Gasteiger partial charge on any atom is 0.184 e. The van der Waals surface area contributed by atoms with Crippen LogP contribution in [0.4, 0.5) is 0 Å². The Morgan fingerprint density at radius 3 is 2.64 bits per heavy atom. The zero-order chi connectivity index (χ0) is 9.97. The Balaban J connectivity index is 2.06. The molecule has 3 nitrogen and oxygen atoms in total. The van der Waals surface area contributed by atoms with Gasteiger partial charge >= 0.3 is 0 Å². The lowest BCUT2D eigenvalue weighted by atomic mass is 10.2. The van der Waals surface area contributed by atoms with Crippen LogP contribution in [0.2, 0.25) is 0 Å². The summed E-state index contributed by atoms with van der Waals surface area (Å²) in [6.45, 7) is 0.463. The molecule has 0 aliphatic carbocycles. The highest BCUT2D eigenvalue weighted by atomic mass is 79.9. The molecule has 0 radical (unpaired) electrons. The third kappa shape index (κ3) is 2.15. The standard InChI is InChI=1S/C10H11BrO3/c11-8-3-1-7(2-4-8)10-13-6-9(5-12)14-10/h1-4,9-10,12H,5-6H2. The Bertz CT molecular complexity index is 299. The molecule has 2 unspecified atom stereocenters. The molecular weight excluding hydrogens is 248 g/mol. The Labute approximate surface area is 90.8 Å². The molecule has 0 aromatic heterocycles. The summed E-state index contributed by atoms with van der Waals surface area (Å²) in [6, 6.07) is 7.76. The molecule has 14 heavy (non-hydrogen) atoms. The van der Waals surface area contributed by atoms with E-state index in [1.807, 2.05) is 24.3 Å². The van der Waals surface area contributed by atoms with Crippen molar-refractivity contribution in [3.8, 4) is 0 Å². The number of aliphatic hydroxyl groups excluding tert-OH is 1. The number of benzene rings is 1. The van der Waals surface area contributed by atoms with Gasteiger partial charge in [0.25, 0.3) is 0 Å². The fraction of sp³-hybridized carbons (Fsp3) is 0.400. The van der Waals surface area contributed by atoms with Crippen LogP contribution in [-0.4, -0.2) is 24.4 Å². The van der Waals surface area contributed by atoms with Crippen molar-refractivity contribution in [2.75, 3.05) is 13.2 Å². The second-order valence-corrected chi connectivity index (χ2v) is 4.07. The van der Waals surface area contributed by atoms with Crippen molar-refractivity contribution < 1.29 is 14.6 Å². The molecule has 0 amide bonds. The number of aliphatic hydroxyl groups is 1. The zero-order valence-electron chi connectivity index (χ0n) is 7.52. The fourth-order valence-electron chi connectivity index (χ4n) is 1.34. The van der Waals surface area contributed by atoms with Crippen molar-refractivity contribution in [2.24, 2.45) is 0 Å². The predicted octanol–water partition coefficient (Wildman–Crippen LogP) is 1.86. The normalized spacial score (nSPS) is 26.7. The summed E-state index contributed by atoms with van der Waals surface area (Å²) in [5, 5.41) is 8.86. The molecule has 1 saturated heterocycles. The van der Waals surface area contributed by atoms with E-state index in [1.54, 1.807) is 0 Å². The summed E-state index contributed by atoms with van der Waals surface area (Å²) in [7, 11) is 0. The predicted molar refractivity (Wildman–Crippen MR) is 54.8 cm³/mol. The molecule has 2 atom stereocenters. The van der Waals surface area contributed by atoms with Gasteiger partial charge in [-0.25, -0.2) is 0 Å². The van der Waals surface area contributed by atoms with E-state index in [0.717, 1.165) is 10.0 Å². The molecule has 1 N–H and O–H groups in total. The number of ether oxygens (including phenoxy) is 2. The Morgan fingerprint density at radius 1 is 1.36 bits per heavy atom. The van der Waals surface area contributed by atoms with Gasteiger partial charge in [-0.1, -0.05) is 28.1 Å². The summed E-state index contributed by atoms with van der Waals surface area (Å²) in [6.07, 6.45) is -0.524. The third-order valence-electron chi connectivity index (χ3n) is 2.10. The van der Waals surface area contributed by atoms with Crippen molar-refractivity contribution in [3.63, 3.8) is 0 Å². The second-order valence-electron chi connectivity index (χ2n) is 3.16. The van der Waals surface area contributed by atoms with Crippen molar-refractivity contribution in [1.29, 1.82) is 0 Å². The van der Waals surface area contributed by atoms with Crippen LogP contribution in [0.15, 0.2) is 28.7 Å². The first-order chi connectivity index (χ1) is 6.79. The maximum absolute atomic E-state index is 8.86. The van der Waals surface area contributed by atoms with Crippen LogP contribution in [0, 0.1) is 0 Å². The van der Waals surface area contributed by atoms with E-state index in [1.165, 1.54) is 0 Å². The van der Waals surface area contributed by atoms with Crippen LogP contribution in [0.1, 0.15) is 11.9 Å². The molecule has 4 heteroatoms. The number of hydrogen-bond acceptors (Lipinski definition) is 3. The van der Waals surface area contributed by atoms with Crippen molar-refractivity contribution in [1.82, 2.24) is 0 Å². The molecule has 76 valence electrons. The summed E-state index contributed by atoms with van der Waals surface area (Å²) in [5.74, 6) is 0. The third-order valence-corrected chi connectivity index (χ3v) is 2.62. The molecule has 2 rings (SSSR count). The number of hydrogen-bond donors (Lipinski definition) is 1. The van der Waals surface area contributed by atoms with Crippen molar-refractivity contribution >= 4 is 15.9 Å². The summed E-state index contributed by atoms with van der Waals surface area (Å²) in [5.41, 5.74) is 0.976. The van der Waals surface area contributed by atoms with Gasteiger partial charge in [-0.15, -0.1) is 0 Å². The molecule has 1 aliphatic rings. The molecule has 1 aromatic rings. The largest absolute Gasteiger partial charge is 0.394 e. The number of halogens is 1. The Morgan fingerprint density at radius 2 is 2.07 bits per heavy atom. The molecule has 1 fully saturated rings. The summed E-state index contributed by atoms with van der Waals surface area (Å²) in [4.78, 5) is 0. The van der Waals surface area contributed by atoms with Crippen molar-refractivity contribution in [3.05, 3.63) is 34.3 Å². The fourth-order valence-corrected chi connectivity index (χ4v) is 1.60. The van der Waals surface area contributed by atoms with Crippen LogP contribution in [-0.2, 0) is 9.47 Å². The monoisotopic (exact) mass is 258 g/mol. The molecular formula is C10H11BrO3. The highest BCUT2D eigenvalue weighted by Crippen LogP contribution is 2.27. The molecule has 1 heterocycles. The first-order valence-corrected chi connectivity index (χ1v) is 5.22. The average molecular weight is 259 g/mol. The number of rotatable bonds is 2. The quantitative estimate of drug-likeness (QED) is 0.880. The SMILES string of the molecule is OCC1COC(c2ccc(Br)cc2)O1. The van der Waals surface area contributed by atoms with Gasteiger partial charge in [-0.05, 0) is 12.1 Å². The smallest absolute Gasteiger partial charge is 0.184 e. The van der Waals surface area contributed by atoms with E-state index in [9.17, 15) is 0 Å². The van der Waals surface area contributed by atoms with E-state index in [-0.39, 0.29) is 19.0 Å². The molecule has 1 aromatic carbocycles. The lowest BCUT2D eigenvalue weighted by Gasteiger charge is -2.10. The maximum atomic E-state index is 8.86. The van der Waals surface area contributed by atoms with Crippen molar-refractivity contribution in [2.45, 2.75) is 12.4 Å². The van der Waals surface area contributed by atoms with Crippen LogP contribution in [0.5, 0.6) is 0 Å². The first-order valence-electron chi connectivity index (χ1n) is 4.43. The van der Waals surface area contributed by atoms with E-state index >= 15 is 0 Å². The minimum Gasteiger partial charge on any atom is -0.394 e. The zero-order valence-corrected chi connectivity index (χ0v) is 9.11. The van der Waals surface area contributed by atoms with Crippen LogP contribution < -0.4 is 0 Å². The Kier molecular flexibility index (Phi) is 3.18. The average Bonchev–Trinajstić information content (AvgIpc) is 2.67. The van der Waals surface area contributed by atoms with Gasteiger partial charge < -0.3 is 14.6 Å². The summed E-state index contributed by atoms with van der Waals surface area (Å²) < 4.78 is 11.9. The van der Waals surface area contributed by atoms with E-state index < -0.39 is 0 Å². The highest BCUT2D eigenvalue weighted by Gasteiger charge is 2.26. The van der Waals surface area contributed by atoms with Gasteiger partial charge in [0.15, 0.2) is 6.29 Å². The van der Waals surface area contributed by atoms with Crippen LogP contribution in [0.25, 0.3) is 0 Å². The molecule has 0 saturated carbocycles. The van der Waals surface area contributed by atoms with Gasteiger partial charge in [-0.2, -0.15) is 0 Å². The van der Waals surface area contributed by atoms with Gasteiger partial charge in [0.2, 0.25) is 0 Å². The van der Waals surface area contributed by atoms with Gasteiger partial charge in [0.05, 0.1) is 13.2 Å². The lowest BCUT2D eigenvalue weighted by Crippen LogP contribution is -2.14. The van der Waals surface area contributed by atoms with Crippen LogP contribution >= 0.6 is 15.9 Å². The van der Waals surface area contributed by atoms with E-state index in [0.29, 0.717) is 6.61 Å². The summed E-state index contributed by atoms with van der Waals surface area (Å²) >= 11 is 3.36. The minimum atomic E-state index is -0.333. The topological polar surface area (TPSA) is 38.7 Å². The second kappa shape index (κ2) is 4.40. The molecule has 0 spiro atoms. The van der Waals surface area contributed by atoms with E-state index in [2.05, 4.69) is 15.9 Å².